The average molecular weight is 256 g/mol. The molecule has 1 rings (SSSR count). The molecular formula is C14H28N2O2. The molecule has 0 saturated heterocycles. The normalized spacial score (nSPS) is 18.9. The Morgan fingerprint density at radius 2 is 2.06 bits per heavy atom. The van der Waals surface area contributed by atoms with Gasteiger partial charge in [-0.15, -0.1) is 0 Å². The second kappa shape index (κ2) is 7.10. The molecule has 1 aliphatic rings. The molecule has 1 unspecified atom stereocenters. The molecule has 1 aliphatic carbocycles. The van der Waals surface area contributed by atoms with Crippen molar-refractivity contribution in [3.05, 3.63) is 0 Å². The summed E-state index contributed by atoms with van der Waals surface area (Å²) in [6.07, 6.45) is 6.13. The van der Waals surface area contributed by atoms with Crippen LogP contribution in [0.5, 0.6) is 0 Å². The third-order valence-corrected chi connectivity index (χ3v) is 4.11. The van der Waals surface area contributed by atoms with Crippen molar-refractivity contribution < 1.29 is 9.90 Å². The van der Waals surface area contributed by atoms with E-state index in [4.69, 9.17) is 0 Å². The SMILES string of the molecule is CCCN(CCCC(CC)(NC)C(=O)O)C1CC1. The van der Waals surface area contributed by atoms with E-state index in [0.717, 1.165) is 25.6 Å². The molecule has 4 nitrogen and oxygen atoms in total. The van der Waals surface area contributed by atoms with E-state index in [1.165, 1.54) is 19.3 Å². The van der Waals surface area contributed by atoms with Crippen molar-refractivity contribution in [2.24, 2.45) is 0 Å². The molecule has 0 radical (unpaired) electrons. The topological polar surface area (TPSA) is 52.6 Å². The summed E-state index contributed by atoms with van der Waals surface area (Å²) in [7, 11) is 1.75. The molecule has 0 amide bonds. The van der Waals surface area contributed by atoms with Gasteiger partial charge in [-0.3, -0.25) is 4.79 Å². The molecule has 106 valence electrons. The fraction of sp³-hybridized carbons (Fsp3) is 0.929. The van der Waals surface area contributed by atoms with Gasteiger partial charge in [-0.05, 0) is 58.7 Å². The van der Waals surface area contributed by atoms with Crippen molar-refractivity contribution in [1.29, 1.82) is 0 Å². The molecule has 0 aromatic heterocycles. The largest absolute Gasteiger partial charge is 0.480 e. The van der Waals surface area contributed by atoms with Gasteiger partial charge in [-0.1, -0.05) is 13.8 Å². The van der Waals surface area contributed by atoms with Crippen molar-refractivity contribution in [3.8, 4) is 0 Å². The zero-order valence-corrected chi connectivity index (χ0v) is 12.0. The number of nitrogens with one attached hydrogen (secondary N) is 1. The van der Waals surface area contributed by atoms with Gasteiger partial charge < -0.3 is 15.3 Å². The molecule has 0 aliphatic heterocycles. The molecule has 0 bridgehead atoms. The third kappa shape index (κ3) is 3.95. The number of carboxylic acids is 1. The molecule has 1 saturated carbocycles. The van der Waals surface area contributed by atoms with Crippen LogP contribution in [0.4, 0.5) is 0 Å². The van der Waals surface area contributed by atoms with E-state index >= 15 is 0 Å². The van der Waals surface area contributed by atoms with Crippen LogP contribution in [0.3, 0.4) is 0 Å². The minimum atomic E-state index is -0.735. The lowest BCUT2D eigenvalue weighted by Gasteiger charge is -2.29. The van der Waals surface area contributed by atoms with Crippen LogP contribution in [0.25, 0.3) is 0 Å². The van der Waals surface area contributed by atoms with E-state index in [1.807, 2.05) is 6.92 Å². The summed E-state index contributed by atoms with van der Waals surface area (Å²) in [5, 5.41) is 12.3. The number of carbonyl (C=O) groups is 1. The van der Waals surface area contributed by atoms with Crippen LogP contribution >= 0.6 is 0 Å². The Morgan fingerprint density at radius 3 is 2.44 bits per heavy atom. The van der Waals surface area contributed by atoms with E-state index in [9.17, 15) is 9.90 Å². The first-order valence-electron chi connectivity index (χ1n) is 7.26. The number of rotatable bonds is 10. The van der Waals surface area contributed by atoms with Crippen LogP contribution in [0.15, 0.2) is 0 Å². The van der Waals surface area contributed by atoms with Crippen molar-refractivity contribution in [2.75, 3.05) is 20.1 Å². The zero-order chi connectivity index (χ0) is 13.6. The molecule has 2 N–H and O–H groups in total. The predicted octanol–water partition coefficient (Wildman–Crippen LogP) is 2.09. The maximum absolute atomic E-state index is 11.4. The van der Waals surface area contributed by atoms with Gasteiger partial charge in [-0.25, -0.2) is 0 Å². The van der Waals surface area contributed by atoms with Crippen LogP contribution in [-0.4, -0.2) is 47.7 Å². The maximum Gasteiger partial charge on any atom is 0.323 e. The maximum atomic E-state index is 11.4. The van der Waals surface area contributed by atoms with Crippen molar-refractivity contribution in [1.82, 2.24) is 10.2 Å². The van der Waals surface area contributed by atoms with Gasteiger partial charge in [0.2, 0.25) is 0 Å². The van der Waals surface area contributed by atoms with E-state index in [1.54, 1.807) is 7.05 Å². The lowest BCUT2D eigenvalue weighted by atomic mass is 9.90. The van der Waals surface area contributed by atoms with Gasteiger partial charge in [0.25, 0.3) is 0 Å². The number of nitrogens with zero attached hydrogens (tertiary/aromatic N) is 1. The van der Waals surface area contributed by atoms with Crippen molar-refractivity contribution in [3.63, 3.8) is 0 Å². The first kappa shape index (κ1) is 15.4. The lowest BCUT2D eigenvalue weighted by molar-refractivity contribution is -0.145. The third-order valence-electron chi connectivity index (χ3n) is 4.11. The Morgan fingerprint density at radius 1 is 1.39 bits per heavy atom. The van der Waals surface area contributed by atoms with E-state index in [-0.39, 0.29) is 0 Å². The average Bonchev–Trinajstić information content (AvgIpc) is 3.17. The first-order chi connectivity index (χ1) is 8.59. The summed E-state index contributed by atoms with van der Waals surface area (Å²) < 4.78 is 0. The molecule has 0 aromatic rings. The van der Waals surface area contributed by atoms with Crippen LogP contribution in [-0.2, 0) is 4.79 Å². The Bertz CT molecular complexity index is 261. The highest BCUT2D eigenvalue weighted by atomic mass is 16.4. The van der Waals surface area contributed by atoms with E-state index in [2.05, 4.69) is 17.1 Å². The summed E-state index contributed by atoms with van der Waals surface area (Å²) in [5.74, 6) is -0.721. The highest BCUT2D eigenvalue weighted by Crippen LogP contribution is 2.28. The monoisotopic (exact) mass is 256 g/mol. The molecule has 0 heterocycles. The minimum absolute atomic E-state index is 0.635. The van der Waals surface area contributed by atoms with Crippen LogP contribution in [0.1, 0.15) is 52.4 Å². The smallest absolute Gasteiger partial charge is 0.323 e. The summed E-state index contributed by atoms with van der Waals surface area (Å²) in [6.45, 7) is 6.33. The minimum Gasteiger partial charge on any atom is -0.480 e. The summed E-state index contributed by atoms with van der Waals surface area (Å²) >= 11 is 0. The predicted molar refractivity (Wildman–Crippen MR) is 73.8 cm³/mol. The standard InChI is InChI=1S/C14H28N2O2/c1-4-10-16(12-7-8-12)11-6-9-14(5-2,15-3)13(17)18/h12,15H,4-11H2,1-3H3,(H,17,18). The van der Waals surface area contributed by atoms with Gasteiger partial charge in [0.1, 0.15) is 5.54 Å². The molecule has 1 atom stereocenters. The van der Waals surface area contributed by atoms with E-state index in [0.29, 0.717) is 12.8 Å². The Balaban J connectivity index is 2.39. The highest BCUT2D eigenvalue weighted by molar-refractivity contribution is 5.78. The van der Waals surface area contributed by atoms with Crippen molar-refractivity contribution >= 4 is 5.97 Å². The van der Waals surface area contributed by atoms with Gasteiger partial charge in [0.05, 0.1) is 0 Å². The highest BCUT2D eigenvalue weighted by Gasteiger charge is 2.35. The number of hydrogen-bond acceptors (Lipinski definition) is 3. The fourth-order valence-electron chi connectivity index (χ4n) is 2.63. The Hall–Kier alpha value is -0.610. The van der Waals surface area contributed by atoms with Gasteiger partial charge in [0, 0.05) is 6.04 Å². The number of aliphatic carboxylic acids is 1. The van der Waals surface area contributed by atoms with Crippen molar-refractivity contribution in [2.45, 2.75) is 64.0 Å². The molecular weight excluding hydrogens is 228 g/mol. The van der Waals surface area contributed by atoms with Gasteiger partial charge in [0.15, 0.2) is 0 Å². The van der Waals surface area contributed by atoms with Crippen LogP contribution in [0, 0.1) is 0 Å². The number of likely N-dealkylation sites (N-methyl/N-ethyl adjacent to an activating group) is 1. The molecule has 0 aromatic carbocycles. The summed E-state index contributed by atoms with van der Waals surface area (Å²) in [5.41, 5.74) is -0.735. The van der Waals surface area contributed by atoms with Gasteiger partial charge in [-0.2, -0.15) is 0 Å². The molecule has 1 fully saturated rings. The summed E-state index contributed by atoms with van der Waals surface area (Å²) in [6, 6.07) is 0.778. The van der Waals surface area contributed by atoms with Crippen LogP contribution in [0.2, 0.25) is 0 Å². The second-order valence-corrected chi connectivity index (χ2v) is 5.36. The molecule has 0 spiro atoms. The Kier molecular flexibility index (Phi) is 6.09. The van der Waals surface area contributed by atoms with Gasteiger partial charge >= 0.3 is 5.97 Å². The quantitative estimate of drug-likeness (QED) is 0.628. The Labute approximate surface area is 111 Å². The first-order valence-corrected chi connectivity index (χ1v) is 7.26. The van der Waals surface area contributed by atoms with Crippen LogP contribution < -0.4 is 5.32 Å². The molecule has 4 heteroatoms. The molecule has 18 heavy (non-hydrogen) atoms. The summed E-state index contributed by atoms with van der Waals surface area (Å²) in [4.78, 5) is 13.9. The lowest BCUT2D eigenvalue weighted by Crippen LogP contribution is -2.50. The van der Waals surface area contributed by atoms with E-state index < -0.39 is 11.5 Å². The number of carboxylic acid groups (broad SMARTS) is 1. The second-order valence-electron chi connectivity index (χ2n) is 5.36. The fourth-order valence-corrected chi connectivity index (χ4v) is 2.63. The number of hydrogen-bond donors (Lipinski definition) is 2. The zero-order valence-electron chi connectivity index (χ0n) is 12.0.